The van der Waals surface area contributed by atoms with Gasteiger partial charge in [0.25, 0.3) is 0 Å². The zero-order valence-electron chi connectivity index (χ0n) is 16.9. The summed E-state index contributed by atoms with van der Waals surface area (Å²) < 4.78 is 5.21. The largest absolute Gasteiger partial charge is 0.383 e. The Morgan fingerprint density at radius 3 is 2.77 bits per heavy atom. The van der Waals surface area contributed by atoms with Crippen LogP contribution in [0.4, 0.5) is 0 Å². The highest BCUT2D eigenvalue weighted by atomic mass is 16.5. The summed E-state index contributed by atoms with van der Waals surface area (Å²) in [6.07, 6.45) is 3.99. The fourth-order valence-corrected chi connectivity index (χ4v) is 3.49. The van der Waals surface area contributed by atoms with Crippen molar-refractivity contribution in [3.63, 3.8) is 0 Å². The van der Waals surface area contributed by atoms with Crippen LogP contribution in [0.1, 0.15) is 51.2 Å². The fourth-order valence-electron chi connectivity index (χ4n) is 3.49. The van der Waals surface area contributed by atoms with Gasteiger partial charge in [-0.05, 0) is 51.3 Å². The molecule has 1 aliphatic rings. The maximum absolute atomic E-state index is 5.21. The van der Waals surface area contributed by atoms with Crippen LogP contribution in [0.2, 0.25) is 0 Å². The molecule has 1 aromatic carbocycles. The van der Waals surface area contributed by atoms with Crippen LogP contribution in [0.5, 0.6) is 0 Å². The summed E-state index contributed by atoms with van der Waals surface area (Å²) in [5.41, 5.74) is 2.70. The lowest BCUT2D eigenvalue weighted by Gasteiger charge is -2.33. The molecule has 0 radical (unpaired) electrons. The lowest BCUT2D eigenvalue weighted by molar-refractivity contribution is 0.152. The Balaban J connectivity index is 2.04. The molecule has 1 aromatic rings. The van der Waals surface area contributed by atoms with Gasteiger partial charge < -0.3 is 15.4 Å². The number of hydrogen-bond donors (Lipinski definition) is 2. The van der Waals surface area contributed by atoms with E-state index < -0.39 is 0 Å². The quantitative estimate of drug-likeness (QED) is 0.552. The van der Waals surface area contributed by atoms with Crippen molar-refractivity contribution in [2.24, 2.45) is 4.99 Å². The van der Waals surface area contributed by atoms with E-state index in [1.807, 2.05) is 0 Å². The van der Waals surface area contributed by atoms with E-state index in [9.17, 15) is 0 Å². The molecule has 0 spiro atoms. The minimum Gasteiger partial charge on any atom is -0.383 e. The zero-order valence-corrected chi connectivity index (χ0v) is 16.9. The van der Waals surface area contributed by atoms with Crippen LogP contribution >= 0.6 is 0 Å². The van der Waals surface area contributed by atoms with E-state index in [4.69, 9.17) is 9.73 Å². The number of rotatable bonds is 8. The monoisotopic (exact) mass is 360 g/mol. The highest BCUT2D eigenvalue weighted by molar-refractivity contribution is 5.80. The van der Waals surface area contributed by atoms with Crippen molar-refractivity contribution in [3.8, 4) is 0 Å². The average Bonchev–Trinajstić information content (AvgIpc) is 2.63. The van der Waals surface area contributed by atoms with Crippen LogP contribution in [-0.4, -0.2) is 49.7 Å². The summed E-state index contributed by atoms with van der Waals surface area (Å²) in [6.45, 7) is 11.0. The third-order valence-corrected chi connectivity index (χ3v) is 4.98. The topological polar surface area (TPSA) is 48.9 Å². The van der Waals surface area contributed by atoms with E-state index in [2.05, 4.69) is 60.6 Å². The molecule has 0 amide bonds. The molecule has 0 aromatic heterocycles. The number of aliphatic imine (C=N–C) groups is 1. The van der Waals surface area contributed by atoms with Crippen molar-refractivity contribution >= 4 is 5.96 Å². The molecule has 0 bridgehead atoms. The molecule has 1 fully saturated rings. The van der Waals surface area contributed by atoms with Crippen molar-refractivity contribution in [1.82, 2.24) is 15.5 Å². The molecule has 2 unspecified atom stereocenters. The molecule has 1 aliphatic heterocycles. The SMILES string of the molecule is CCNC(=NCc1ccccc1CN1CCCCC1C)NC(C)COC. The Kier molecular flexibility index (Phi) is 8.92. The highest BCUT2D eigenvalue weighted by Crippen LogP contribution is 2.21. The van der Waals surface area contributed by atoms with Gasteiger partial charge in [0.2, 0.25) is 0 Å². The van der Waals surface area contributed by atoms with Crippen LogP contribution in [0.15, 0.2) is 29.3 Å². The van der Waals surface area contributed by atoms with E-state index in [1.54, 1.807) is 7.11 Å². The number of guanidine groups is 1. The minimum absolute atomic E-state index is 0.224. The van der Waals surface area contributed by atoms with E-state index in [0.717, 1.165) is 19.0 Å². The van der Waals surface area contributed by atoms with Crippen LogP contribution in [-0.2, 0) is 17.8 Å². The van der Waals surface area contributed by atoms with Crippen molar-refractivity contribution in [2.75, 3.05) is 26.8 Å². The first-order valence-electron chi connectivity index (χ1n) is 9.98. The predicted molar refractivity (Wildman–Crippen MR) is 109 cm³/mol. The van der Waals surface area contributed by atoms with Crippen LogP contribution in [0.25, 0.3) is 0 Å². The maximum Gasteiger partial charge on any atom is 0.191 e. The summed E-state index contributed by atoms with van der Waals surface area (Å²) in [7, 11) is 1.72. The molecule has 2 atom stereocenters. The van der Waals surface area contributed by atoms with Gasteiger partial charge in [-0.1, -0.05) is 30.7 Å². The van der Waals surface area contributed by atoms with Crippen molar-refractivity contribution < 1.29 is 4.74 Å². The van der Waals surface area contributed by atoms with Gasteiger partial charge in [-0.15, -0.1) is 0 Å². The minimum atomic E-state index is 0.224. The zero-order chi connectivity index (χ0) is 18.8. The summed E-state index contributed by atoms with van der Waals surface area (Å²) in [5, 5.41) is 6.72. The fraction of sp³-hybridized carbons (Fsp3) is 0.667. The molecule has 1 heterocycles. The molecule has 5 nitrogen and oxygen atoms in total. The molecule has 2 N–H and O–H groups in total. The molecule has 0 aliphatic carbocycles. The predicted octanol–water partition coefficient (Wildman–Crippen LogP) is 3.15. The number of nitrogens with one attached hydrogen (secondary N) is 2. The number of likely N-dealkylation sites (tertiary alicyclic amines) is 1. The standard InChI is InChI=1S/C21H36N4O/c1-5-22-21(24-17(2)16-26-4)23-14-19-11-6-7-12-20(19)15-25-13-9-8-10-18(25)3/h6-7,11-12,17-18H,5,8-10,13-16H2,1-4H3,(H2,22,23,24). The molecular formula is C21H36N4O. The van der Waals surface area contributed by atoms with E-state index in [1.165, 1.54) is 36.9 Å². The molecule has 5 heteroatoms. The van der Waals surface area contributed by atoms with Gasteiger partial charge in [0, 0.05) is 32.3 Å². The van der Waals surface area contributed by atoms with Gasteiger partial charge in [-0.3, -0.25) is 4.90 Å². The number of methoxy groups -OCH3 is 1. The second-order valence-electron chi connectivity index (χ2n) is 7.28. The van der Waals surface area contributed by atoms with Crippen molar-refractivity contribution in [1.29, 1.82) is 0 Å². The van der Waals surface area contributed by atoms with Crippen molar-refractivity contribution in [3.05, 3.63) is 35.4 Å². The van der Waals surface area contributed by atoms with Gasteiger partial charge in [0.1, 0.15) is 0 Å². The molecule has 26 heavy (non-hydrogen) atoms. The average molecular weight is 361 g/mol. The number of piperidine rings is 1. The lowest BCUT2D eigenvalue weighted by atomic mass is 10.0. The summed E-state index contributed by atoms with van der Waals surface area (Å²) >= 11 is 0. The third kappa shape index (κ3) is 6.61. The number of nitrogens with zero attached hydrogens (tertiary/aromatic N) is 2. The van der Waals surface area contributed by atoms with E-state index in [-0.39, 0.29) is 6.04 Å². The Bertz CT molecular complexity index is 561. The Hall–Kier alpha value is -1.59. The molecule has 2 rings (SSSR count). The second-order valence-corrected chi connectivity index (χ2v) is 7.28. The van der Waals surface area contributed by atoms with E-state index >= 15 is 0 Å². The molecule has 146 valence electrons. The van der Waals surface area contributed by atoms with Crippen LogP contribution in [0.3, 0.4) is 0 Å². The number of benzene rings is 1. The van der Waals surface area contributed by atoms with Gasteiger partial charge in [0.05, 0.1) is 13.2 Å². The lowest BCUT2D eigenvalue weighted by Crippen LogP contribution is -2.44. The van der Waals surface area contributed by atoms with Gasteiger partial charge >= 0.3 is 0 Å². The van der Waals surface area contributed by atoms with Crippen molar-refractivity contribution in [2.45, 2.75) is 65.2 Å². The second kappa shape index (κ2) is 11.2. The molecule has 1 saturated heterocycles. The summed E-state index contributed by atoms with van der Waals surface area (Å²) in [6, 6.07) is 9.61. The number of hydrogen-bond acceptors (Lipinski definition) is 3. The molecular weight excluding hydrogens is 324 g/mol. The highest BCUT2D eigenvalue weighted by Gasteiger charge is 2.19. The Morgan fingerprint density at radius 1 is 1.31 bits per heavy atom. The van der Waals surface area contributed by atoms with E-state index in [0.29, 0.717) is 19.2 Å². The maximum atomic E-state index is 5.21. The first-order valence-corrected chi connectivity index (χ1v) is 9.98. The normalized spacial score (nSPS) is 20.0. The van der Waals surface area contributed by atoms with Crippen LogP contribution in [0, 0.1) is 0 Å². The van der Waals surface area contributed by atoms with Crippen LogP contribution < -0.4 is 10.6 Å². The first kappa shape index (κ1) is 20.7. The van der Waals surface area contributed by atoms with Gasteiger partial charge in [0.15, 0.2) is 5.96 Å². The first-order chi connectivity index (χ1) is 12.6. The van der Waals surface area contributed by atoms with Gasteiger partial charge in [-0.25, -0.2) is 4.99 Å². The van der Waals surface area contributed by atoms with Gasteiger partial charge in [-0.2, -0.15) is 0 Å². The third-order valence-electron chi connectivity index (χ3n) is 4.98. The number of ether oxygens (including phenoxy) is 1. The summed E-state index contributed by atoms with van der Waals surface area (Å²) in [5.74, 6) is 0.846. The Morgan fingerprint density at radius 2 is 2.08 bits per heavy atom. The smallest absolute Gasteiger partial charge is 0.191 e. The molecule has 0 saturated carbocycles. The Labute approximate surface area is 159 Å². The summed E-state index contributed by atoms with van der Waals surface area (Å²) in [4.78, 5) is 7.41.